The number of piperidine rings is 1. The standard InChI is InChI=1S/C20H33N5O/c1-3-7-19(26)24-18-10-8-17(9-11-18)16-23-20(21-2)22-12-15-25-13-5-4-6-14-25/h8-11H,3-7,12-16H2,1-2H3,(H,24,26)(H2,21,22,23). The number of hydrogen-bond donors (Lipinski definition) is 3. The Hall–Kier alpha value is -2.08. The lowest BCUT2D eigenvalue weighted by Crippen LogP contribution is -2.42. The fourth-order valence-corrected chi connectivity index (χ4v) is 3.08. The first kappa shape index (κ1) is 20.2. The van der Waals surface area contributed by atoms with E-state index in [9.17, 15) is 4.79 Å². The van der Waals surface area contributed by atoms with Crippen molar-refractivity contribution < 1.29 is 4.79 Å². The number of benzene rings is 1. The lowest BCUT2D eigenvalue weighted by atomic mass is 10.1. The predicted molar refractivity (Wildman–Crippen MR) is 108 cm³/mol. The quantitative estimate of drug-likeness (QED) is 0.493. The highest BCUT2D eigenvalue weighted by atomic mass is 16.1. The SMILES string of the molecule is CCCC(=O)Nc1ccc(CNC(=NC)NCCN2CCCCC2)cc1. The molecule has 0 saturated carbocycles. The van der Waals surface area contributed by atoms with Crippen LogP contribution in [-0.4, -0.2) is 50.0 Å². The van der Waals surface area contributed by atoms with E-state index >= 15 is 0 Å². The molecule has 1 aliphatic rings. The molecule has 0 radical (unpaired) electrons. The minimum atomic E-state index is 0.0664. The first-order chi connectivity index (χ1) is 12.7. The van der Waals surface area contributed by atoms with Gasteiger partial charge in [0, 0.05) is 38.8 Å². The van der Waals surface area contributed by atoms with Gasteiger partial charge in [0.1, 0.15) is 0 Å². The minimum Gasteiger partial charge on any atom is -0.355 e. The molecular weight excluding hydrogens is 326 g/mol. The van der Waals surface area contributed by atoms with E-state index in [4.69, 9.17) is 0 Å². The number of aliphatic imine (C=N–C) groups is 1. The highest BCUT2D eigenvalue weighted by molar-refractivity contribution is 5.90. The van der Waals surface area contributed by atoms with Crippen LogP contribution in [-0.2, 0) is 11.3 Å². The van der Waals surface area contributed by atoms with Crippen molar-refractivity contribution in [3.05, 3.63) is 29.8 Å². The highest BCUT2D eigenvalue weighted by Crippen LogP contribution is 2.10. The van der Waals surface area contributed by atoms with Crippen LogP contribution in [0.1, 0.15) is 44.6 Å². The summed E-state index contributed by atoms with van der Waals surface area (Å²) < 4.78 is 0. The Morgan fingerprint density at radius 2 is 1.85 bits per heavy atom. The van der Waals surface area contributed by atoms with Crippen LogP contribution in [0.15, 0.2) is 29.3 Å². The van der Waals surface area contributed by atoms with Gasteiger partial charge >= 0.3 is 0 Å². The fraction of sp³-hybridized carbons (Fsp3) is 0.600. The lowest BCUT2D eigenvalue weighted by molar-refractivity contribution is -0.116. The molecule has 0 spiro atoms. The Labute approximate surface area is 157 Å². The molecule has 6 nitrogen and oxygen atoms in total. The Bertz CT molecular complexity index is 564. The first-order valence-corrected chi connectivity index (χ1v) is 9.77. The smallest absolute Gasteiger partial charge is 0.224 e. The molecule has 1 saturated heterocycles. The maximum Gasteiger partial charge on any atom is 0.224 e. The van der Waals surface area contributed by atoms with Crippen LogP contribution in [0.2, 0.25) is 0 Å². The van der Waals surface area contributed by atoms with Gasteiger partial charge in [0.15, 0.2) is 5.96 Å². The molecule has 6 heteroatoms. The second-order valence-electron chi connectivity index (χ2n) is 6.75. The van der Waals surface area contributed by atoms with Crippen LogP contribution in [0.4, 0.5) is 5.69 Å². The molecule has 1 aromatic rings. The van der Waals surface area contributed by atoms with Gasteiger partial charge < -0.3 is 20.9 Å². The van der Waals surface area contributed by atoms with E-state index in [1.807, 2.05) is 31.2 Å². The van der Waals surface area contributed by atoms with Crippen LogP contribution in [0, 0.1) is 0 Å². The minimum absolute atomic E-state index is 0.0664. The lowest BCUT2D eigenvalue weighted by Gasteiger charge is -2.26. The van der Waals surface area contributed by atoms with Crippen molar-refractivity contribution in [2.75, 3.05) is 38.5 Å². The number of nitrogens with one attached hydrogen (secondary N) is 3. The summed E-state index contributed by atoms with van der Waals surface area (Å²) >= 11 is 0. The van der Waals surface area contributed by atoms with Gasteiger partial charge in [0.25, 0.3) is 0 Å². The monoisotopic (exact) mass is 359 g/mol. The molecule has 0 unspecified atom stereocenters. The summed E-state index contributed by atoms with van der Waals surface area (Å²) in [4.78, 5) is 18.4. The van der Waals surface area contributed by atoms with Gasteiger partial charge in [-0.1, -0.05) is 25.5 Å². The zero-order valence-corrected chi connectivity index (χ0v) is 16.2. The number of carbonyl (C=O) groups excluding carboxylic acids is 1. The molecule has 1 amide bonds. The maximum atomic E-state index is 11.6. The second kappa shape index (κ2) is 11.5. The molecule has 2 rings (SSSR count). The molecule has 0 bridgehead atoms. The average Bonchev–Trinajstić information content (AvgIpc) is 2.66. The number of hydrogen-bond acceptors (Lipinski definition) is 3. The van der Waals surface area contributed by atoms with Crippen LogP contribution in [0.3, 0.4) is 0 Å². The van der Waals surface area contributed by atoms with E-state index < -0.39 is 0 Å². The van der Waals surface area contributed by atoms with Crippen molar-refractivity contribution in [1.82, 2.24) is 15.5 Å². The third-order valence-corrected chi connectivity index (χ3v) is 4.57. The van der Waals surface area contributed by atoms with Crippen molar-refractivity contribution in [2.24, 2.45) is 4.99 Å². The van der Waals surface area contributed by atoms with E-state index in [1.54, 1.807) is 7.05 Å². The summed E-state index contributed by atoms with van der Waals surface area (Å²) in [5, 5.41) is 9.62. The van der Waals surface area contributed by atoms with Crippen LogP contribution in [0.5, 0.6) is 0 Å². The van der Waals surface area contributed by atoms with Gasteiger partial charge in [-0.05, 0) is 50.0 Å². The van der Waals surface area contributed by atoms with Crippen molar-refractivity contribution in [3.63, 3.8) is 0 Å². The van der Waals surface area contributed by atoms with Crippen LogP contribution < -0.4 is 16.0 Å². The average molecular weight is 360 g/mol. The molecule has 3 N–H and O–H groups in total. The number of amides is 1. The van der Waals surface area contributed by atoms with E-state index in [0.29, 0.717) is 13.0 Å². The molecule has 1 fully saturated rings. The van der Waals surface area contributed by atoms with Crippen molar-refractivity contribution in [2.45, 2.75) is 45.6 Å². The van der Waals surface area contributed by atoms with Gasteiger partial charge in [-0.2, -0.15) is 0 Å². The Morgan fingerprint density at radius 1 is 1.12 bits per heavy atom. The van der Waals surface area contributed by atoms with Gasteiger partial charge in [-0.25, -0.2) is 0 Å². The summed E-state index contributed by atoms with van der Waals surface area (Å²) in [5.74, 6) is 0.888. The van der Waals surface area contributed by atoms with Crippen molar-refractivity contribution in [1.29, 1.82) is 0 Å². The summed E-state index contributed by atoms with van der Waals surface area (Å²) in [6.45, 7) is 7.10. The number of anilines is 1. The summed E-state index contributed by atoms with van der Waals surface area (Å²) in [6, 6.07) is 7.93. The molecule has 144 valence electrons. The normalized spacial score (nSPS) is 15.5. The van der Waals surface area contributed by atoms with Gasteiger partial charge in [0.2, 0.25) is 5.91 Å². The molecule has 0 aromatic heterocycles. The van der Waals surface area contributed by atoms with E-state index in [1.165, 1.54) is 32.4 Å². The molecule has 0 aliphatic carbocycles. The van der Waals surface area contributed by atoms with Gasteiger partial charge in [0.05, 0.1) is 0 Å². The Kier molecular flexibility index (Phi) is 8.96. The van der Waals surface area contributed by atoms with E-state index in [2.05, 4.69) is 25.8 Å². The van der Waals surface area contributed by atoms with Gasteiger partial charge in [-0.15, -0.1) is 0 Å². The third kappa shape index (κ3) is 7.44. The van der Waals surface area contributed by atoms with Crippen LogP contribution >= 0.6 is 0 Å². The topological polar surface area (TPSA) is 68.8 Å². The number of rotatable bonds is 8. The zero-order chi connectivity index (χ0) is 18.6. The third-order valence-electron chi connectivity index (χ3n) is 4.57. The predicted octanol–water partition coefficient (Wildman–Crippen LogP) is 2.58. The fourth-order valence-electron chi connectivity index (χ4n) is 3.08. The second-order valence-corrected chi connectivity index (χ2v) is 6.75. The number of carbonyl (C=O) groups is 1. The molecule has 1 heterocycles. The highest BCUT2D eigenvalue weighted by Gasteiger charge is 2.09. The number of guanidine groups is 1. The molecule has 0 atom stereocenters. The Balaban J connectivity index is 1.69. The largest absolute Gasteiger partial charge is 0.355 e. The zero-order valence-electron chi connectivity index (χ0n) is 16.2. The molecule has 1 aromatic carbocycles. The maximum absolute atomic E-state index is 11.6. The van der Waals surface area contributed by atoms with Crippen molar-refractivity contribution in [3.8, 4) is 0 Å². The molecule has 26 heavy (non-hydrogen) atoms. The molecule has 1 aliphatic heterocycles. The van der Waals surface area contributed by atoms with E-state index in [-0.39, 0.29) is 5.91 Å². The number of likely N-dealkylation sites (tertiary alicyclic amines) is 1. The van der Waals surface area contributed by atoms with Crippen molar-refractivity contribution >= 4 is 17.6 Å². The van der Waals surface area contributed by atoms with Gasteiger partial charge in [-0.3, -0.25) is 9.79 Å². The molecular formula is C20H33N5O. The van der Waals surface area contributed by atoms with E-state index in [0.717, 1.165) is 36.7 Å². The number of nitrogens with zero attached hydrogens (tertiary/aromatic N) is 2. The Morgan fingerprint density at radius 3 is 2.50 bits per heavy atom. The van der Waals surface area contributed by atoms with Crippen LogP contribution in [0.25, 0.3) is 0 Å². The summed E-state index contributed by atoms with van der Waals surface area (Å²) in [5.41, 5.74) is 1.99. The first-order valence-electron chi connectivity index (χ1n) is 9.77. The summed E-state index contributed by atoms with van der Waals surface area (Å²) in [6.07, 6.45) is 5.43. The summed E-state index contributed by atoms with van der Waals surface area (Å²) in [7, 11) is 1.79.